The molecule has 0 fully saturated rings. The Morgan fingerprint density at radius 2 is 1.37 bits per heavy atom. The number of benzene rings is 2. The van der Waals surface area contributed by atoms with Gasteiger partial charge < -0.3 is 27.2 Å². The molecular weight excluding hydrogens is 538 g/mol. The van der Waals surface area contributed by atoms with Gasteiger partial charge in [0.2, 0.25) is 17.7 Å². The minimum absolute atomic E-state index is 0.0225. The van der Waals surface area contributed by atoms with E-state index in [1.54, 1.807) is 13.4 Å². The summed E-state index contributed by atoms with van der Waals surface area (Å²) in [4.78, 5) is 13.6. The molecule has 2 aromatic carbocycles. The van der Waals surface area contributed by atoms with Crippen LogP contribution in [0.5, 0.6) is 0 Å². The van der Waals surface area contributed by atoms with E-state index in [0.29, 0.717) is 35.7 Å². The maximum absolute atomic E-state index is 7.08. The first kappa shape index (κ1) is 28.7. The zero-order chi connectivity index (χ0) is 28.9. The van der Waals surface area contributed by atoms with Gasteiger partial charge in [0, 0.05) is 19.6 Å². The van der Waals surface area contributed by atoms with Crippen molar-refractivity contribution in [2.75, 3.05) is 20.5 Å². The highest BCUT2D eigenvalue weighted by atomic mass is 28.4. The first-order chi connectivity index (χ1) is 19.8. The molecule has 0 aliphatic heterocycles. The fraction of sp³-hybridized carbons (Fsp3) is 0.323. The Morgan fingerprint density at radius 1 is 0.780 bits per heavy atom. The van der Waals surface area contributed by atoms with Crippen molar-refractivity contribution in [1.29, 1.82) is 0 Å². The van der Waals surface area contributed by atoms with Gasteiger partial charge in [-0.15, -0.1) is 0 Å². The third kappa shape index (κ3) is 6.10. The number of methoxy groups -OCH3 is 1. The van der Waals surface area contributed by atoms with Crippen LogP contribution in [0.3, 0.4) is 0 Å². The number of aromatic nitrogens is 3. The van der Waals surface area contributed by atoms with Crippen LogP contribution >= 0.6 is 0 Å². The topological polar surface area (TPSA) is 106 Å². The summed E-state index contributed by atoms with van der Waals surface area (Å²) in [6.07, 6.45) is 4.61. The van der Waals surface area contributed by atoms with Crippen LogP contribution in [0, 0.1) is 0 Å². The minimum atomic E-state index is -2.66. The lowest BCUT2D eigenvalue weighted by Crippen LogP contribution is -2.66. The van der Waals surface area contributed by atoms with Crippen LogP contribution in [0.2, 0.25) is 5.04 Å². The number of ether oxygens (including phenoxy) is 2. The molecule has 214 valence electrons. The van der Waals surface area contributed by atoms with Gasteiger partial charge in [-0.2, -0.15) is 0 Å². The molecule has 9 nitrogen and oxygen atoms in total. The van der Waals surface area contributed by atoms with E-state index < -0.39 is 8.32 Å². The molecule has 0 N–H and O–H groups in total. The fourth-order valence-electron chi connectivity index (χ4n) is 4.90. The van der Waals surface area contributed by atoms with Gasteiger partial charge in [-0.1, -0.05) is 88.4 Å². The summed E-state index contributed by atoms with van der Waals surface area (Å²) in [5.74, 6) is 1.03. The molecule has 0 unspecified atom stereocenters. The van der Waals surface area contributed by atoms with Crippen LogP contribution in [0.15, 0.2) is 92.7 Å². The molecule has 5 aromatic rings. The Bertz CT molecular complexity index is 1480. The predicted molar refractivity (Wildman–Crippen MR) is 156 cm³/mol. The van der Waals surface area contributed by atoms with Crippen molar-refractivity contribution in [2.24, 2.45) is 0 Å². The van der Waals surface area contributed by atoms with Crippen LogP contribution in [0.4, 0.5) is 0 Å². The van der Waals surface area contributed by atoms with E-state index in [4.69, 9.17) is 32.1 Å². The zero-order valence-electron chi connectivity index (χ0n) is 24.0. The highest BCUT2D eigenvalue weighted by molar-refractivity contribution is 6.99. The monoisotopic (exact) mass is 573 g/mol. The molecule has 0 aliphatic rings. The highest BCUT2D eigenvalue weighted by Gasteiger charge is 2.50. The van der Waals surface area contributed by atoms with Gasteiger partial charge in [0.05, 0.1) is 5.69 Å². The molecule has 0 saturated carbocycles. The summed E-state index contributed by atoms with van der Waals surface area (Å²) >= 11 is 0. The van der Waals surface area contributed by atoms with Crippen LogP contribution in [0.1, 0.15) is 45.2 Å². The Morgan fingerprint density at radius 3 is 2.00 bits per heavy atom. The van der Waals surface area contributed by atoms with E-state index >= 15 is 0 Å². The standard InChI is InChI=1S/C31H35N3O6Si/c1-22(16-40-41(31(2,3)4,23-12-8-6-9-13-23)24-14-10-7-11-15-24)25-17-38-30(33-25)27-19-39-29(34-27)26-18-37-28(32-26)20-36-21-35-5/h6-15,17-19,22H,16,20-21H2,1-5H3/t22-/m0/s1. The number of hydrogen-bond acceptors (Lipinski definition) is 9. The normalized spacial score (nSPS) is 13.0. The van der Waals surface area contributed by atoms with E-state index in [2.05, 4.69) is 86.2 Å². The Hall–Kier alpha value is -3.83. The number of nitrogens with zero attached hydrogens (tertiary/aromatic N) is 3. The van der Waals surface area contributed by atoms with Crippen LogP contribution in [-0.2, 0) is 20.5 Å². The maximum atomic E-state index is 7.08. The summed E-state index contributed by atoms with van der Waals surface area (Å²) in [5, 5.41) is 2.37. The van der Waals surface area contributed by atoms with Gasteiger partial charge in [-0.25, -0.2) is 15.0 Å². The summed E-state index contributed by atoms with van der Waals surface area (Å²) in [6, 6.07) is 21.2. The Balaban J connectivity index is 1.33. The smallest absolute Gasteiger partial charge is 0.261 e. The zero-order valence-corrected chi connectivity index (χ0v) is 25.0. The molecule has 3 aromatic heterocycles. The van der Waals surface area contributed by atoms with Crippen molar-refractivity contribution in [1.82, 2.24) is 15.0 Å². The SMILES string of the molecule is COCOCc1nc(-c2nc(-c3nc([C@@H](C)CO[Si](c4ccccc4)(c4ccccc4)C(C)(C)C)co3)co2)co1. The molecular formula is C31H35N3O6Si. The lowest BCUT2D eigenvalue weighted by molar-refractivity contribution is -0.0453. The third-order valence-electron chi connectivity index (χ3n) is 6.91. The van der Waals surface area contributed by atoms with Gasteiger partial charge >= 0.3 is 0 Å². The lowest BCUT2D eigenvalue weighted by Gasteiger charge is -2.43. The molecule has 0 bridgehead atoms. The van der Waals surface area contributed by atoms with Gasteiger partial charge in [0.1, 0.15) is 32.2 Å². The van der Waals surface area contributed by atoms with E-state index in [9.17, 15) is 0 Å². The largest absolute Gasteiger partial charge is 0.446 e. The second-order valence-corrected chi connectivity index (χ2v) is 15.2. The number of hydrogen-bond donors (Lipinski definition) is 0. The van der Waals surface area contributed by atoms with Gasteiger partial charge in [0.15, 0.2) is 11.4 Å². The molecule has 5 rings (SSSR count). The van der Waals surface area contributed by atoms with Crippen molar-refractivity contribution >= 4 is 18.7 Å². The lowest BCUT2D eigenvalue weighted by atomic mass is 10.1. The predicted octanol–water partition coefficient (Wildman–Crippen LogP) is 5.79. The van der Waals surface area contributed by atoms with Crippen molar-refractivity contribution < 1.29 is 27.2 Å². The fourth-order valence-corrected chi connectivity index (χ4v) is 9.56. The summed E-state index contributed by atoms with van der Waals surface area (Å²) in [5.41, 5.74) is 1.69. The molecule has 0 aliphatic carbocycles. The molecule has 10 heteroatoms. The van der Waals surface area contributed by atoms with E-state index in [1.807, 2.05) is 12.1 Å². The molecule has 41 heavy (non-hydrogen) atoms. The number of oxazole rings is 3. The molecule has 3 heterocycles. The summed E-state index contributed by atoms with van der Waals surface area (Å²) in [7, 11) is -1.11. The van der Waals surface area contributed by atoms with Gasteiger partial charge in [0.25, 0.3) is 8.32 Å². The summed E-state index contributed by atoms with van der Waals surface area (Å²) < 4.78 is 34.1. The molecule has 0 spiro atoms. The van der Waals surface area contributed by atoms with Crippen LogP contribution < -0.4 is 10.4 Å². The Kier molecular flexibility index (Phi) is 8.64. The van der Waals surface area contributed by atoms with E-state index in [-0.39, 0.29) is 24.4 Å². The van der Waals surface area contributed by atoms with Crippen LogP contribution in [0.25, 0.3) is 23.2 Å². The van der Waals surface area contributed by atoms with E-state index in [1.165, 1.54) is 22.9 Å². The van der Waals surface area contributed by atoms with Crippen molar-refractivity contribution in [3.63, 3.8) is 0 Å². The first-order valence-corrected chi connectivity index (χ1v) is 15.4. The Labute approximate surface area is 240 Å². The maximum Gasteiger partial charge on any atom is 0.261 e. The molecule has 0 amide bonds. The first-order valence-electron chi connectivity index (χ1n) is 13.5. The quantitative estimate of drug-likeness (QED) is 0.104. The second kappa shape index (κ2) is 12.4. The van der Waals surface area contributed by atoms with Crippen molar-refractivity contribution in [2.45, 2.75) is 45.3 Å². The van der Waals surface area contributed by atoms with Crippen molar-refractivity contribution in [3.05, 3.63) is 91.0 Å². The third-order valence-corrected chi connectivity index (χ3v) is 11.9. The second-order valence-electron chi connectivity index (χ2n) is 10.9. The average Bonchev–Trinajstić information content (AvgIpc) is 3.75. The van der Waals surface area contributed by atoms with Crippen LogP contribution in [-0.4, -0.2) is 43.8 Å². The molecule has 1 atom stereocenters. The minimum Gasteiger partial charge on any atom is -0.446 e. The van der Waals surface area contributed by atoms with Crippen molar-refractivity contribution in [3.8, 4) is 23.2 Å². The van der Waals surface area contributed by atoms with Gasteiger partial charge in [-0.05, 0) is 15.4 Å². The highest BCUT2D eigenvalue weighted by Crippen LogP contribution is 2.37. The molecule has 0 saturated heterocycles. The number of rotatable bonds is 12. The van der Waals surface area contributed by atoms with E-state index in [0.717, 1.165) is 5.69 Å². The molecule has 0 radical (unpaired) electrons. The van der Waals surface area contributed by atoms with Gasteiger partial charge in [-0.3, -0.25) is 0 Å². The average molecular weight is 574 g/mol. The summed E-state index contributed by atoms with van der Waals surface area (Å²) in [6.45, 7) is 9.71.